The van der Waals surface area contributed by atoms with Crippen LogP contribution in [0.15, 0.2) is 6.08 Å². The fourth-order valence-corrected chi connectivity index (χ4v) is 4.48. The molecule has 1 rings (SSSR count). The molecule has 0 spiro atoms. The Kier molecular flexibility index (Phi) is 11.9. The van der Waals surface area contributed by atoms with Gasteiger partial charge in [-0.3, -0.25) is 0 Å². The van der Waals surface area contributed by atoms with Crippen LogP contribution in [0.1, 0.15) is 115 Å². The van der Waals surface area contributed by atoms with Crippen LogP contribution in [-0.2, 0) is 0 Å². The van der Waals surface area contributed by atoms with Crippen LogP contribution < -0.4 is 0 Å². The van der Waals surface area contributed by atoms with Crippen molar-refractivity contribution in [2.75, 3.05) is 0 Å². The predicted octanol–water partition coefficient (Wildman–Crippen LogP) is 8.23. The third-order valence-corrected chi connectivity index (χ3v) is 7.15. The summed E-state index contributed by atoms with van der Waals surface area (Å²) in [5.74, 6) is 2.72. The Morgan fingerprint density at radius 1 is 0.719 bits per heavy atom. The lowest BCUT2D eigenvalue weighted by Crippen LogP contribution is -2.20. The van der Waals surface area contributed by atoms with Gasteiger partial charge in [-0.05, 0) is 63.0 Å². The maximum Gasteiger partial charge on any atom is 0.126 e. The normalized spacial score (nSPS) is 15.9. The van der Waals surface area contributed by atoms with Crippen molar-refractivity contribution >= 4 is 6.08 Å². The highest BCUT2D eigenvalue weighted by Gasteiger charge is 2.19. The molecule has 3 nitrogen and oxygen atoms in total. The second-order valence-electron chi connectivity index (χ2n) is 11.0. The van der Waals surface area contributed by atoms with Crippen LogP contribution in [-0.4, -0.2) is 20.9 Å². The van der Waals surface area contributed by atoms with Crippen LogP contribution in [0, 0.1) is 38.5 Å². The molecule has 32 heavy (non-hydrogen) atoms. The SMILES string of the molecule is Cc1c(C)c(O)c(C=C[C@@](C)(O)CCC[C@@H](C)CCC[C@H](C)CCCC(C)C)c(C)c1O. The number of rotatable bonds is 14. The molecular formula is C29H50O3. The van der Waals surface area contributed by atoms with Gasteiger partial charge in [0, 0.05) is 11.1 Å². The molecule has 3 N–H and O–H groups in total. The summed E-state index contributed by atoms with van der Waals surface area (Å²) < 4.78 is 0. The van der Waals surface area contributed by atoms with Gasteiger partial charge in [0.25, 0.3) is 0 Å². The van der Waals surface area contributed by atoms with E-state index < -0.39 is 5.60 Å². The van der Waals surface area contributed by atoms with E-state index in [9.17, 15) is 15.3 Å². The van der Waals surface area contributed by atoms with Crippen LogP contribution in [0.4, 0.5) is 0 Å². The van der Waals surface area contributed by atoms with E-state index in [0.29, 0.717) is 34.6 Å². The summed E-state index contributed by atoms with van der Waals surface area (Å²) in [7, 11) is 0. The summed E-state index contributed by atoms with van der Waals surface area (Å²) >= 11 is 0. The monoisotopic (exact) mass is 446 g/mol. The first-order valence-electron chi connectivity index (χ1n) is 12.8. The Morgan fingerprint density at radius 3 is 1.72 bits per heavy atom. The van der Waals surface area contributed by atoms with Gasteiger partial charge >= 0.3 is 0 Å². The fraction of sp³-hybridized carbons (Fsp3) is 0.724. The van der Waals surface area contributed by atoms with Crippen LogP contribution in [0.3, 0.4) is 0 Å². The lowest BCUT2D eigenvalue weighted by atomic mass is 9.89. The van der Waals surface area contributed by atoms with Gasteiger partial charge in [0.1, 0.15) is 11.5 Å². The quantitative estimate of drug-likeness (QED) is 0.252. The zero-order valence-electron chi connectivity index (χ0n) is 22.1. The van der Waals surface area contributed by atoms with Crippen molar-refractivity contribution in [3.63, 3.8) is 0 Å². The van der Waals surface area contributed by atoms with E-state index in [0.717, 1.165) is 24.7 Å². The van der Waals surface area contributed by atoms with Crippen molar-refractivity contribution in [3.8, 4) is 11.5 Å². The predicted molar refractivity (Wildman–Crippen MR) is 138 cm³/mol. The number of phenols is 2. The lowest BCUT2D eigenvalue weighted by molar-refractivity contribution is 0.0979. The summed E-state index contributed by atoms with van der Waals surface area (Å²) in [6.07, 6.45) is 14.3. The number of benzene rings is 1. The smallest absolute Gasteiger partial charge is 0.126 e. The number of aliphatic hydroxyl groups is 1. The van der Waals surface area contributed by atoms with Gasteiger partial charge < -0.3 is 15.3 Å². The van der Waals surface area contributed by atoms with Gasteiger partial charge in [0.05, 0.1) is 5.60 Å². The molecule has 1 aromatic rings. The van der Waals surface area contributed by atoms with E-state index in [1.54, 1.807) is 32.9 Å². The topological polar surface area (TPSA) is 60.7 Å². The van der Waals surface area contributed by atoms with Gasteiger partial charge in [-0.1, -0.05) is 91.2 Å². The highest BCUT2D eigenvalue weighted by Crippen LogP contribution is 2.37. The standard InChI is InChI=1S/C29H50O3/c1-20(2)12-9-13-21(3)14-10-15-22(4)16-11-18-29(8,32)19-17-26-25(7)27(30)23(5)24(6)28(26)31/h17,19-22,30-32H,9-16,18H2,1-8H3/t21-,22+,29+/m1/s1. The van der Waals surface area contributed by atoms with E-state index in [-0.39, 0.29) is 11.5 Å². The minimum absolute atomic E-state index is 0.178. The first-order valence-corrected chi connectivity index (χ1v) is 12.8. The Balaban J connectivity index is 2.44. The molecule has 0 saturated carbocycles. The summed E-state index contributed by atoms with van der Waals surface area (Å²) in [6.45, 7) is 16.5. The summed E-state index contributed by atoms with van der Waals surface area (Å²) in [4.78, 5) is 0. The fourth-order valence-electron chi connectivity index (χ4n) is 4.48. The van der Waals surface area contributed by atoms with Crippen LogP contribution >= 0.6 is 0 Å². The van der Waals surface area contributed by atoms with Crippen molar-refractivity contribution in [1.29, 1.82) is 0 Å². The van der Waals surface area contributed by atoms with Crippen LogP contribution in [0.2, 0.25) is 0 Å². The van der Waals surface area contributed by atoms with Crippen molar-refractivity contribution in [2.45, 2.75) is 119 Å². The van der Waals surface area contributed by atoms with Gasteiger partial charge in [-0.15, -0.1) is 0 Å². The molecular weight excluding hydrogens is 396 g/mol. The molecule has 0 unspecified atom stereocenters. The largest absolute Gasteiger partial charge is 0.507 e. The van der Waals surface area contributed by atoms with Crippen molar-refractivity contribution in [2.24, 2.45) is 17.8 Å². The molecule has 0 amide bonds. The van der Waals surface area contributed by atoms with E-state index in [2.05, 4.69) is 27.7 Å². The van der Waals surface area contributed by atoms with Crippen molar-refractivity contribution in [3.05, 3.63) is 28.3 Å². The maximum absolute atomic E-state index is 10.8. The minimum Gasteiger partial charge on any atom is -0.507 e. The Hall–Kier alpha value is -1.48. The molecule has 0 bridgehead atoms. The van der Waals surface area contributed by atoms with Crippen LogP contribution in [0.5, 0.6) is 11.5 Å². The molecule has 0 heterocycles. The van der Waals surface area contributed by atoms with Crippen molar-refractivity contribution < 1.29 is 15.3 Å². The number of hydrogen-bond donors (Lipinski definition) is 3. The maximum atomic E-state index is 10.8. The molecule has 0 fully saturated rings. The zero-order chi connectivity index (χ0) is 24.5. The third kappa shape index (κ3) is 9.57. The molecule has 0 aliphatic heterocycles. The van der Waals surface area contributed by atoms with E-state index in [1.165, 1.54) is 38.5 Å². The molecule has 3 heteroatoms. The van der Waals surface area contributed by atoms with Gasteiger partial charge in [0.15, 0.2) is 0 Å². The molecule has 1 aromatic carbocycles. The Bertz CT molecular complexity index is 701. The second kappa shape index (κ2) is 13.3. The average Bonchev–Trinajstić information content (AvgIpc) is 2.70. The van der Waals surface area contributed by atoms with Gasteiger partial charge in [-0.2, -0.15) is 0 Å². The first kappa shape index (κ1) is 28.6. The van der Waals surface area contributed by atoms with E-state index in [4.69, 9.17) is 0 Å². The Morgan fingerprint density at radius 2 is 1.19 bits per heavy atom. The summed E-state index contributed by atoms with van der Waals surface area (Å²) in [6, 6.07) is 0. The number of hydrogen-bond acceptors (Lipinski definition) is 3. The first-order chi connectivity index (χ1) is 14.9. The highest BCUT2D eigenvalue weighted by molar-refractivity contribution is 5.69. The summed E-state index contributed by atoms with van der Waals surface area (Å²) in [5.41, 5.74) is 1.67. The second-order valence-corrected chi connectivity index (χ2v) is 11.0. The lowest BCUT2D eigenvalue weighted by Gasteiger charge is -2.21. The molecule has 0 aromatic heterocycles. The van der Waals surface area contributed by atoms with Gasteiger partial charge in [0.2, 0.25) is 0 Å². The zero-order valence-corrected chi connectivity index (χ0v) is 22.1. The number of aromatic hydroxyl groups is 2. The molecule has 3 atom stereocenters. The van der Waals surface area contributed by atoms with Crippen LogP contribution in [0.25, 0.3) is 6.08 Å². The van der Waals surface area contributed by atoms with Gasteiger partial charge in [-0.25, -0.2) is 0 Å². The molecule has 184 valence electrons. The van der Waals surface area contributed by atoms with Crippen molar-refractivity contribution in [1.82, 2.24) is 0 Å². The number of phenolic OH excluding ortho intramolecular Hbond substituents is 2. The molecule has 0 radical (unpaired) electrons. The third-order valence-electron chi connectivity index (χ3n) is 7.15. The van der Waals surface area contributed by atoms with E-state index >= 15 is 0 Å². The Labute approximate surface area is 198 Å². The molecule has 0 saturated heterocycles. The highest BCUT2D eigenvalue weighted by atomic mass is 16.3. The molecule has 0 aliphatic carbocycles. The average molecular weight is 447 g/mol. The summed E-state index contributed by atoms with van der Waals surface area (Å²) in [5, 5.41) is 31.6. The molecule has 0 aliphatic rings. The minimum atomic E-state index is -0.933. The van der Waals surface area contributed by atoms with E-state index in [1.807, 2.05) is 6.92 Å².